The Kier molecular flexibility index (Phi) is 2.53. The van der Waals surface area contributed by atoms with Crippen LogP contribution in [0.4, 0.5) is 13.2 Å². The first-order valence-electron chi connectivity index (χ1n) is 4.24. The van der Waals surface area contributed by atoms with Crippen LogP contribution in [-0.4, -0.2) is 10.1 Å². The van der Waals surface area contributed by atoms with Crippen molar-refractivity contribution in [2.75, 3.05) is 0 Å². The zero-order valence-corrected chi connectivity index (χ0v) is 9.30. The normalized spacial score (nSPS) is 12.0. The summed E-state index contributed by atoms with van der Waals surface area (Å²) in [6.45, 7) is 0. The topological polar surface area (TPSA) is 33.1 Å². The van der Waals surface area contributed by atoms with E-state index in [4.69, 9.17) is 0 Å². The van der Waals surface area contributed by atoms with Gasteiger partial charge in [-0.25, -0.2) is 4.98 Å². The van der Waals surface area contributed by atoms with Crippen LogP contribution >= 0.6 is 15.9 Å². The lowest BCUT2D eigenvalue weighted by Crippen LogP contribution is -2.04. The standard InChI is InChI=1S/C10H5BrF3NO/c11-9-7-3-5(10(12,13)14)1-2-6(7)8(16)4-15-9/h1-4,16H. The molecule has 0 fully saturated rings. The van der Waals surface area contributed by atoms with Crippen LogP contribution in [0.25, 0.3) is 10.8 Å². The number of hydrogen-bond donors (Lipinski definition) is 1. The molecule has 1 aromatic carbocycles. The van der Waals surface area contributed by atoms with E-state index in [1.807, 2.05) is 0 Å². The van der Waals surface area contributed by atoms with Crippen LogP contribution in [0.3, 0.4) is 0 Å². The Balaban J connectivity index is 2.76. The molecule has 0 atom stereocenters. The predicted molar refractivity (Wildman–Crippen MR) is 56.1 cm³/mol. The molecule has 0 aliphatic heterocycles. The SMILES string of the molecule is Oc1cnc(Br)c2cc(C(F)(F)F)ccc12. The fourth-order valence-corrected chi connectivity index (χ4v) is 1.80. The maximum absolute atomic E-state index is 12.4. The van der Waals surface area contributed by atoms with Gasteiger partial charge >= 0.3 is 6.18 Å². The van der Waals surface area contributed by atoms with Crippen molar-refractivity contribution in [3.05, 3.63) is 34.6 Å². The molecule has 0 saturated heterocycles. The van der Waals surface area contributed by atoms with Gasteiger partial charge in [0, 0.05) is 10.8 Å². The van der Waals surface area contributed by atoms with Crippen molar-refractivity contribution in [3.63, 3.8) is 0 Å². The van der Waals surface area contributed by atoms with E-state index in [9.17, 15) is 18.3 Å². The molecule has 0 aliphatic rings. The summed E-state index contributed by atoms with van der Waals surface area (Å²) in [5, 5.41) is 9.98. The van der Waals surface area contributed by atoms with Gasteiger partial charge in [-0.1, -0.05) is 0 Å². The summed E-state index contributed by atoms with van der Waals surface area (Å²) in [6, 6.07) is 3.10. The highest BCUT2D eigenvalue weighted by Crippen LogP contribution is 2.35. The number of rotatable bonds is 0. The molecule has 84 valence electrons. The fourth-order valence-electron chi connectivity index (χ4n) is 1.37. The second-order valence-electron chi connectivity index (χ2n) is 3.19. The predicted octanol–water partition coefficient (Wildman–Crippen LogP) is 3.72. The molecule has 1 heterocycles. The van der Waals surface area contributed by atoms with Crippen LogP contribution in [-0.2, 0) is 6.18 Å². The molecule has 16 heavy (non-hydrogen) atoms. The maximum atomic E-state index is 12.4. The highest BCUT2D eigenvalue weighted by atomic mass is 79.9. The quantitative estimate of drug-likeness (QED) is 0.751. The summed E-state index contributed by atoms with van der Waals surface area (Å²) in [5.41, 5.74) is -0.770. The molecule has 0 unspecified atom stereocenters. The van der Waals surface area contributed by atoms with E-state index in [-0.39, 0.29) is 15.7 Å². The van der Waals surface area contributed by atoms with E-state index in [1.165, 1.54) is 12.3 Å². The maximum Gasteiger partial charge on any atom is 0.416 e. The summed E-state index contributed by atoms with van der Waals surface area (Å²) >= 11 is 3.04. The Bertz CT molecular complexity index is 553. The zero-order chi connectivity index (χ0) is 11.9. The summed E-state index contributed by atoms with van der Waals surface area (Å²) in [4.78, 5) is 3.73. The van der Waals surface area contributed by atoms with Gasteiger partial charge in [0.2, 0.25) is 0 Å². The van der Waals surface area contributed by atoms with Crippen LogP contribution < -0.4 is 0 Å². The minimum atomic E-state index is -4.40. The lowest BCUT2D eigenvalue weighted by atomic mass is 10.1. The number of benzene rings is 1. The summed E-state index contributed by atoms with van der Waals surface area (Å²) < 4.78 is 37.6. The molecular formula is C10H5BrF3NO. The molecule has 2 aromatic rings. The first-order chi connectivity index (χ1) is 7.39. The molecule has 0 aliphatic carbocycles. The molecule has 0 spiro atoms. The number of fused-ring (bicyclic) bond motifs is 1. The molecule has 6 heteroatoms. The first-order valence-corrected chi connectivity index (χ1v) is 5.03. The number of pyridine rings is 1. The van der Waals surface area contributed by atoms with Crippen molar-refractivity contribution in [1.82, 2.24) is 4.98 Å². The van der Waals surface area contributed by atoms with Crippen molar-refractivity contribution >= 4 is 26.7 Å². The number of aromatic hydroxyl groups is 1. The van der Waals surface area contributed by atoms with E-state index in [0.717, 1.165) is 12.1 Å². The van der Waals surface area contributed by atoms with Gasteiger partial charge in [-0.15, -0.1) is 0 Å². The van der Waals surface area contributed by atoms with Crippen LogP contribution in [0.15, 0.2) is 29.0 Å². The third-order valence-corrected chi connectivity index (χ3v) is 2.78. The average molecular weight is 292 g/mol. The zero-order valence-electron chi connectivity index (χ0n) is 7.72. The van der Waals surface area contributed by atoms with Crippen molar-refractivity contribution in [1.29, 1.82) is 0 Å². The van der Waals surface area contributed by atoms with Gasteiger partial charge in [-0.3, -0.25) is 0 Å². The minimum Gasteiger partial charge on any atom is -0.506 e. The monoisotopic (exact) mass is 291 g/mol. The Hall–Kier alpha value is -1.30. The molecule has 0 radical (unpaired) electrons. The number of nitrogens with zero attached hydrogens (tertiary/aromatic N) is 1. The van der Waals surface area contributed by atoms with Crippen LogP contribution in [0, 0.1) is 0 Å². The smallest absolute Gasteiger partial charge is 0.416 e. The van der Waals surface area contributed by atoms with E-state index in [1.54, 1.807) is 0 Å². The van der Waals surface area contributed by atoms with Crippen molar-refractivity contribution in [2.24, 2.45) is 0 Å². The van der Waals surface area contributed by atoms with Crippen LogP contribution in [0.1, 0.15) is 5.56 Å². The highest BCUT2D eigenvalue weighted by molar-refractivity contribution is 9.10. The van der Waals surface area contributed by atoms with E-state index >= 15 is 0 Å². The van der Waals surface area contributed by atoms with Crippen molar-refractivity contribution in [2.45, 2.75) is 6.18 Å². The highest BCUT2D eigenvalue weighted by Gasteiger charge is 2.30. The molecule has 0 saturated carbocycles. The second-order valence-corrected chi connectivity index (χ2v) is 3.94. The van der Waals surface area contributed by atoms with Gasteiger partial charge < -0.3 is 5.11 Å². The van der Waals surface area contributed by atoms with Gasteiger partial charge in [0.1, 0.15) is 10.4 Å². The molecular weight excluding hydrogens is 287 g/mol. The number of aromatic nitrogens is 1. The van der Waals surface area contributed by atoms with Crippen molar-refractivity contribution < 1.29 is 18.3 Å². The average Bonchev–Trinajstić information content (AvgIpc) is 2.22. The Labute approximate surface area is 96.9 Å². The van der Waals surface area contributed by atoms with Gasteiger partial charge in [0.15, 0.2) is 0 Å². The minimum absolute atomic E-state index is 0.146. The Morgan fingerprint density at radius 3 is 2.50 bits per heavy atom. The summed E-state index contributed by atoms with van der Waals surface area (Å²) in [7, 11) is 0. The Morgan fingerprint density at radius 2 is 1.88 bits per heavy atom. The van der Waals surface area contributed by atoms with Gasteiger partial charge in [0.05, 0.1) is 11.8 Å². The van der Waals surface area contributed by atoms with Crippen LogP contribution in [0.5, 0.6) is 5.75 Å². The molecule has 1 N–H and O–H groups in total. The molecule has 0 amide bonds. The summed E-state index contributed by atoms with van der Waals surface area (Å²) in [5.74, 6) is -0.146. The van der Waals surface area contributed by atoms with Gasteiger partial charge in [-0.2, -0.15) is 13.2 Å². The lowest BCUT2D eigenvalue weighted by molar-refractivity contribution is -0.137. The number of halogens is 4. The molecule has 2 rings (SSSR count). The lowest BCUT2D eigenvalue weighted by Gasteiger charge is -2.09. The molecule has 1 aromatic heterocycles. The van der Waals surface area contributed by atoms with E-state index < -0.39 is 11.7 Å². The third-order valence-electron chi connectivity index (χ3n) is 2.15. The first kappa shape index (κ1) is 11.2. The van der Waals surface area contributed by atoms with E-state index in [2.05, 4.69) is 20.9 Å². The number of hydrogen-bond acceptors (Lipinski definition) is 2. The fraction of sp³-hybridized carbons (Fsp3) is 0.100. The summed E-state index contributed by atoms with van der Waals surface area (Å²) in [6.07, 6.45) is -3.22. The number of alkyl halides is 3. The van der Waals surface area contributed by atoms with E-state index in [0.29, 0.717) is 5.39 Å². The second kappa shape index (κ2) is 3.62. The largest absolute Gasteiger partial charge is 0.506 e. The molecule has 0 bridgehead atoms. The van der Waals surface area contributed by atoms with Crippen LogP contribution in [0.2, 0.25) is 0 Å². The van der Waals surface area contributed by atoms with Gasteiger partial charge in [-0.05, 0) is 34.1 Å². The molecule has 2 nitrogen and oxygen atoms in total. The third kappa shape index (κ3) is 1.84. The Morgan fingerprint density at radius 1 is 1.19 bits per heavy atom. The van der Waals surface area contributed by atoms with Crippen molar-refractivity contribution in [3.8, 4) is 5.75 Å². The van der Waals surface area contributed by atoms with Gasteiger partial charge in [0.25, 0.3) is 0 Å².